The molecule has 0 aromatic heterocycles. The molecule has 0 radical (unpaired) electrons. The molecule has 2 N–H and O–H groups in total. The molecule has 4 nitrogen and oxygen atoms in total. The molecule has 1 aromatic rings. The van der Waals surface area contributed by atoms with Gasteiger partial charge < -0.3 is 15.2 Å². The molecular formula is C13H19NO3S. The van der Waals surface area contributed by atoms with Crippen LogP contribution in [0.5, 0.6) is 5.75 Å². The summed E-state index contributed by atoms with van der Waals surface area (Å²) in [6, 6.07) is 7.63. The van der Waals surface area contributed by atoms with Gasteiger partial charge in [0, 0.05) is 11.8 Å². The molecule has 0 aliphatic carbocycles. The molecule has 0 bridgehead atoms. The van der Waals surface area contributed by atoms with Crippen molar-refractivity contribution in [1.29, 1.82) is 0 Å². The van der Waals surface area contributed by atoms with Gasteiger partial charge in [-0.05, 0) is 24.6 Å². The summed E-state index contributed by atoms with van der Waals surface area (Å²) >= 11 is 1.47. The van der Waals surface area contributed by atoms with Crippen molar-refractivity contribution in [2.24, 2.45) is 5.73 Å². The van der Waals surface area contributed by atoms with Crippen LogP contribution in [0.3, 0.4) is 0 Å². The van der Waals surface area contributed by atoms with Crippen molar-refractivity contribution in [2.75, 3.05) is 25.2 Å². The van der Waals surface area contributed by atoms with Crippen LogP contribution >= 0.6 is 11.8 Å². The van der Waals surface area contributed by atoms with E-state index in [2.05, 4.69) is 4.74 Å². The van der Waals surface area contributed by atoms with Crippen molar-refractivity contribution < 1.29 is 14.3 Å². The van der Waals surface area contributed by atoms with Crippen LogP contribution in [-0.4, -0.2) is 31.2 Å². The van der Waals surface area contributed by atoms with Crippen LogP contribution in [0.1, 0.15) is 18.5 Å². The fourth-order valence-corrected chi connectivity index (χ4v) is 2.25. The van der Waals surface area contributed by atoms with Crippen molar-refractivity contribution in [1.82, 2.24) is 0 Å². The Labute approximate surface area is 112 Å². The molecule has 0 fully saturated rings. The monoisotopic (exact) mass is 269 g/mol. The van der Waals surface area contributed by atoms with Crippen LogP contribution in [0.25, 0.3) is 0 Å². The second-order valence-corrected chi connectivity index (χ2v) is 4.73. The van der Waals surface area contributed by atoms with E-state index < -0.39 is 0 Å². The third kappa shape index (κ3) is 4.98. The fourth-order valence-electron chi connectivity index (χ4n) is 1.40. The molecule has 0 spiro atoms. The first kappa shape index (κ1) is 14.9. The van der Waals surface area contributed by atoms with E-state index in [0.29, 0.717) is 18.1 Å². The van der Waals surface area contributed by atoms with Crippen molar-refractivity contribution in [3.05, 3.63) is 29.8 Å². The smallest absolute Gasteiger partial charge is 0.315 e. The van der Waals surface area contributed by atoms with E-state index in [4.69, 9.17) is 10.5 Å². The number of rotatable bonds is 7. The molecule has 5 heteroatoms. The normalized spacial score (nSPS) is 11.9. The second kappa shape index (κ2) is 8.00. The summed E-state index contributed by atoms with van der Waals surface area (Å²) in [5, 5.41) is 0. The first-order chi connectivity index (χ1) is 8.67. The van der Waals surface area contributed by atoms with Gasteiger partial charge in [-0.3, -0.25) is 4.79 Å². The van der Waals surface area contributed by atoms with Crippen LogP contribution in [0.4, 0.5) is 0 Å². The maximum absolute atomic E-state index is 10.9. The van der Waals surface area contributed by atoms with Gasteiger partial charge in [-0.15, -0.1) is 11.8 Å². The van der Waals surface area contributed by atoms with E-state index in [0.717, 1.165) is 11.3 Å². The highest BCUT2D eigenvalue weighted by Crippen LogP contribution is 2.19. The molecule has 100 valence electrons. The lowest BCUT2D eigenvalue weighted by atomic mass is 10.1. The number of carbonyl (C=O) groups is 1. The SMILES string of the molecule is CCOc1ccc(C(N)CSCC(=O)OC)cc1. The Balaban J connectivity index is 2.41. The number of hydrogen-bond donors (Lipinski definition) is 1. The number of esters is 1. The van der Waals surface area contributed by atoms with Crippen LogP contribution in [0, 0.1) is 0 Å². The summed E-state index contributed by atoms with van der Waals surface area (Å²) in [5.74, 6) is 1.64. The minimum absolute atomic E-state index is 0.0877. The maximum atomic E-state index is 10.9. The predicted octanol–water partition coefficient (Wildman–Crippen LogP) is 1.99. The first-order valence-corrected chi connectivity index (χ1v) is 6.95. The third-order valence-electron chi connectivity index (χ3n) is 2.36. The molecule has 1 unspecified atom stereocenters. The molecule has 0 saturated heterocycles. The molecule has 1 aromatic carbocycles. The van der Waals surface area contributed by atoms with Crippen molar-refractivity contribution in [3.8, 4) is 5.75 Å². The second-order valence-electron chi connectivity index (χ2n) is 3.70. The number of thioether (sulfide) groups is 1. The highest BCUT2D eigenvalue weighted by atomic mass is 32.2. The maximum Gasteiger partial charge on any atom is 0.315 e. The zero-order valence-corrected chi connectivity index (χ0v) is 11.5. The van der Waals surface area contributed by atoms with E-state index in [9.17, 15) is 4.79 Å². The number of nitrogens with two attached hydrogens (primary N) is 1. The van der Waals surface area contributed by atoms with Crippen LogP contribution < -0.4 is 10.5 Å². The van der Waals surface area contributed by atoms with E-state index in [1.165, 1.54) is 18.9 Å². The summed E-state index contributed by atoms with van der Waals surface area (Å²) in [6.45, 7) is 2.60. The summed E-state index contributed by atoms with van der Waals surface area (Å²) in [6.07, 6.45) is 0. The van der Waals surface area contributed by atoms with Crippen molar-refractivity contribution in [3.63, 3.8) is 0 Å². The Kier molecular flexibility index (Phi) is 6.60. The largest absolute Gasteiger partial charge is 0.494 e. The van der Waals surface area contributed by atoms with Crippen LogP contribution in [-0.2, 0) is 9.53 Å². The minimum Gasteiger partial charge on any atom is -0.494 e. The average molecular weight is 269 g/mol. The van der Waals surface area contributed by atoms with Gasteiger partial charge in [0.15, 0.2) is 0 Å². The van der Waals surface area contributed by atoms with Gasteiger partial charge in [-0.2, -0.15) is 0 Å². The van der Waals surface area contributed by atoms with Crippen LogP contribution in [0.2, 0.25) is 0 Å². The Hall–Kier alpha value is -1.20. The summed E-state index contributed by atoms with van der Waals surface area (Å²) in [4.78, 5) is 10.9. The molecule has 18 heavy (non-hydrogen) atoms. The summed E-state index contributed by atoms with van der Waals surface area (Å²) in [5.41, 5.74) is 7.07. The number of hydrogen-bond acceptors (Lipinski definition) is 5. The number of ether oxygens (including phenoxy) is 2. The predicted molar refractivity (Wildman–Crippen MR) is 73.9 cm³/mol. The lowest BCUT2D eigenvalue weighted by Crippen LogP contribution is -2.14. The highest BCUT2D eigenvalue weighted by molar-refractivity contribution is 7.99. The Morgan fingerprint density at radius 2 is 2.06 bits per heavy atom. The van der Waals surface area contributed by atoms with Crippen LogP contribution in [0.15, 0.2) is 24.3 Å². The molecule has 0 heterocycles. The average Bonchev–Trinajstić information content (AvgIpc) is 2.39. The fraction of sp³-hybridized carbons (Fsp3) is 0.462. The Bertz CT molecular complexity index is 367. The van der Waals surface area contributed by atoms with Gasteiger partial charge in [0.1, 0.15) is 5.75 Å². The molecule has 1 rings (SSSR count). The van der Waals surface area contributed by atoms with Crippen molar-refractivity contribution in [2.45, 2.75) is 13.0 Å². The van der Waals surface area contributed by atoms with Gasteiger partial charge in [0.2, 0.25) is 0 Å². The van der Waals surface area contributed by atoms with E-state index in [1.54, 1.807) is 0 Å². The van der Waals surface area contributed by atoms with Gasteiger partial charge in [0.25, 0.3) is 0 Å². The zero-order valence-electron chi connectivity index (χ0n) is 10.7. The highest BCUT2D eigenvalue weighted by Gasteiger charge is 2.08. The molecule has 0 aliphatic rings. The molecule has 0 aliphatic heterocycles. The quantitative estimate of drug-likeness (QED) is 0.767. The topological polar surface area (TPSA) is 61.5 Å². The number of carbonyl (C=O) groups excluding carboxylic acids is 1. The lowest BCUT2D eigenvalue weighted by Gasteiger charge is -2.12. The zero-order chi connectivity index (χ0) is 13.4. The first-order valence-electron chi connectivity index (χ1n) is 5.80. The summed E-state index contributed by atoms with van der Waals surface area (Å²) in [7, 11) is 1.38. The van der Waals surface area contributed by atoms with Gasteiger partial charge in [-0.25, -0.2) is 0 Å². The van der Waals surface area contributed by atoms with Gasteiger partial charge in [0.05, 0.1) is 19.5 Å². The number of methoxy groups -OCH3 is 1. The lowest BCUT2D eigenvalue weighted by molar-refractivity contribution is -0.137. The summed E-state index contributed by atoms with van der Waals surface area (Å²) < 4.78 is 9.92. The Morgan fingerprint density at radius 1 is 1.39 bits per heavy atom. The minimum atomic E-state index is -0.223. The number of benzene rings is 1. The van der Waals surface area contributed by atoms with Gasteiger partial charge >= 0.3 is 5.97 Å². The third-order valence-corrected chi connectivity index (χ3v) is 3.40. The molecule has 0 saturated carbocycles. The molecule has 0 amide bonds. The standard InChI is InChI=1S/C13H19NO3S/c1-3-17-11-6-4-10(5-7-11)12(14)8-18-9-13(15)16-2/h4-7,12H,3,8-9,14H2,1-2H3. The Morgan fingerprint density at radius 3 is 2.61 bits per heavy atom. The van der Waals surface area contributed by atoms with E-state index in [1.807, 2.05) is 31.2 Å². The van der Waals surface area contributed by atoms with E-state index >= 15 is 0 Å². The molecular weight excluding hydrogens is 250 g/mol. The van der Waals surface area contributed by atoms with Gasteiger partial charge in [-0.1, -0.05) is 12.1 Å². The van der Waals surface area contributed by atoms with E-state index in [-0.39, 0.29) is 12.0 Å². The van der Waals surface area contributed by atoms with Crippen molar-refractivity contribution >= 4 is 17.7 Å². The molecule has 1 atom stereocenters.